The van der Waals surface area contributed by atoms with Gasteiger partial charge in [-0.1, -0.05) is 13.8 Å². The van der Waals surface area contributed by atoms with E-state index in [1.54, 1.807) is 20.8 Å². The van der Waals surface area contributed by atoms with Gasteiger partial charge in [-0.15, -0.1) is 11.3 Å². The zero-order valence-electron chi connectivity index (χ0n) is 15.1. The second-order valence-electron chi connectivity index (χ2n) is 6.46. The summed E-state index contributed by atoms with van der Waals surface area (Å²) < 4.78 is 56.8. The maximum absolute atomic E-state index is 12.9. The zero-order chi connectivity index (χ0) is 20.2. The number of aryl methyl sites for hydroxylation is 1. The van der Waals surface area contributed by atoms with Gasteiger partial charge in [-0.05, 0) is 37.1 Å². The summed E-state index contributed by atoms with van der Waals surface area (Å²) >= 11 is 1.00. The molecule has 9 heteroatoms. The third kappa shape index (κ3) is 6.50. The van der Waals surface area contributed by atoms with Crippen LogP contribution in [0.2, 0.25) is 0 Å². The van der Waals surface area contributed by atoms with Crippen LogP contribution in [0.1, 0.15) is 34.2 Å². The SMILES string of the molecule is Cc1nc(COc2ccc(F)cc2)sc1C(=O)N(CC(C)C)CC(F)(F)F. The number of alkyl halides is 3. The number of hydrogen-bond donors (Lipinski definition) is 0. The van der Waals surface area contributed by atoms with Crippen LogP contribution in [0.4, 0.5) is 17.6 Å². The lowest BCUT2D eigenvalue weighted by Crippen LogP contribution is -2.41. The third-order valence-electron chi connectivity index (χ3n) is 3.45. The summed E-state index contributed by atoms with van der Waals surface area (Å²) in [5.41, 5.74) is 0.360. The lowest BCUT2D eigenvalue weighted by atomic mass is 10.2. The molecule has 2 rings (SSSR count). The molecule has 0 fully saturated rings. The molecule has 0 bridgehead atoms. The molecule has 1 aromatic heterocycles. The summed E-state index contributed by atoms with van der Waals surface area (Å²) in [5.74, 6) is -0.763. The Kier molecular flexibility index (Phi) is 6.80. The Hall–Kier alpha value is -2.16. The predicted octanol–water partition coefficient (Wildman–Crippen LogP) is 4.83. The van der Waals surface area contributed by atoms with Crippen LogP contribution in [0.15, 0.2) is 24.3 Å². The van der Waals surface area contributed by atoms with E-state index in [0.717, 1.165) is 16.2 Å². The van der Waals surface area contributed by atoms with Gasteiger partial charge in [0.25, 0.3) is 5.91 Å². The fourth-order valence-electron chi connectivity index (χ4n) is 2.41. The molecule has 2 aromatic rings. The Morgan fingerprint density at radius 1 is 1.26 bits per heavy atom. The second kappa shape index (κ2) is 8.69. The maximum Gasteiger partial charge on any atom is 0.406 e. The average Bonchev–Trinajstić information content (AvgIpc) is 2.92. The number of rotatable bonds is 7. The number of benzene rings is 1. The van der Waals surface area contributed by atoms with Crippen molar-refractivity contribution in [2.75, 3.05) is 13.1 Å². The first-order valence-corrected chi connectivity index (χ1v) is 9.07. The highest BCUT2D eigenvalue weighted by Gasteiger charge is 2.34. The molecule has 0 saturated heterocycles. The zero-order valence-corrected chi connectivity index (χ0v) is 16.0. The van der Waals surface area contributed by atoms with Crippen molar-refractivity contribution in [3.8, 4) is 5.75 Å². The molecule has 0 unspecified atom stereocenters. The van der Waals surface area contributed by atoms with Gasteiger partial charge in [0.1, 0.15) is 34.6 Å². The van der Waals surface area contributed by atoms with Gasteiger partial charge in [-0.2, -0.15) is 13.2 Å². The smallest absolute Gasteiger partial charge is 0.406 e. The molecule has 0 atom stereocenters. The van der Waals surface area contributed by atoms with Crippen molar-refractivity contribution in [3.63, 3.8) is 0 Å². The molecule has 0 aliphatic carbocycles. The summed E-state index contributed by atoms with van der Waals surface area (Å²) in [7, 11) is 0. The first-order chi connectivity index (χ1) is 12.5. The fraction of sp³-hybridized carbons (Fsp3) is 0.444. The highest BCUT2D eigenvalue weighted by molar-refractivity contribution is 7.13. The van der Waals surface area contributed by atoms with Crippen LogP contribution in [0.3, 0.4) is 0 Å². The van der Waals surface area contributed by atoms with Crippen molar-refractivity contribution in [2.24, 2.45) is 5.92 Å². The van der Waals surface area contributed by atoms with Crippen LogP contribution in [0.5, 0.6) is 5.75 Å². The normalized spacial score (nSPS) is 11.7. The van der Waals surface area contributed by atoms with Gasteiger partial charge in [0.05, 0.1) is 5.69 Å². The minimum atomic E-state index is -4.47. The number of carbonyl (C=O) groups is 1. The van der Waals surface area contributed by atoms with E-state index in [2.05, 4.69) is 4.98 Å². The molecule has 1 amide bonds. The van der Waals surface area contributed by atoms with Gasteiger partial charge in [-0.3, -0.25) is 4.79 Å². The number of halogens is 4. The number of nitrogens with zero attached hydrogens (tertiary/aromatic N) is 2. The molecular formula is C18H20F4N2O2S. The van der Waals surface area contributed by atoms with Crippen LogP contribution < -0.4 is 4.74 Å². The fourth-order valence-corrected chi connectivity index (χ4v) is 3.35. The molecule has 0 N–H and O–H groups in total. The van der Waals surface area contributed by atoms with E-state index in [4.69, 9.17) is 4.74 Å². The van der Waals surface area contributed by atoms with E-state index in [-0.39, 0.29) is 23.9 Å². The second-order valence-corrected chi connectivity index (χ2v) is 7.54. The lowest BCUT2D eigenvalue weighted by Gasteiger charge is -2.25. The van der Waals surface area contributed by atoms with Crippen LogP contribution >= 0.6 is 11.3 Å². The van der Waals surface area contributed by atoms with Crippen molar-refractivity contribution in [2.45, 2.75) is 33.6 Å². The van der Waals surface area contributed by atoms with Crippen molar-refractivity contribution < 1.29 is 27.1 Å². The van der Waals surface area contributed by atoms with Crippen molar-refractivity contribution in [1.29, 1.82) is 0 Å². The molecule has 148 valence electrons. The summed E-state index contributed by atoms with van der Waals surface area (Å²) in [4.78, 5) is 17.8. The number of carbonyl (C=O) groups excluding carboxylic acids is 1. The van der Waals surface area contributed by atoms with Crippen LogP contribution in [-0.4, -0.2) is 35.1 Å². The average molecular weight is 404 g/mol. The summed E-state index contributed by atoms with van der Waals surface area (Å²) in [6, 6.07) is 5.40. The minimum Gasteiger partial charge on any atom is -0.486 e. The van der Waals surface area contributed by atoms with E-state index in [0.29, 0.717) is 16.5 Å². The number of amides is 1. The molecule has 0 spiro atoms. The van der Waals surface area contributed by atoms with Crippen molar-refractivity contribution in [1.82, 2.24) is 9.88 Å². The summed E-state index contributed by atoms with van der Waals surface area (Å²) in [6.07, 6.45) is -4.47. The third-order valence-corrected chi connectivity index (χ3v) is 4.57. The van der Waals surface area contributed by atoms with Gasteiger partial charge in [0, 0.05) is 6.54 Å². The topological polar surface area (TPSA) is 42.4 Å². The van der Waals surface area contributed by atoms with Gasteiger partial charge in [-0.25, -0.2) is 9.37 Å². The Bertz CT molecular complexity index is 773. The maximum atomic E-state index is 12.9. The molecular weight excluding hydrogens is 384 g/mol. The molecule has 4 nitrogen and oxygen atoms in total. The van der Waals surface area contributed by atoms with Gasteiger partial charge >= 0.3 is 6.18 Å². The van der Waals surface area contributed by atoms with E-state index in [9.17, 15) is 22.4 Å². The molecule has 0 saturated carbocycles. The highest BCUT2D eigenvalue weighted by Crippen LogP contribution is 2.25. The molecule has 0 aliphatic heterocycles. The first kappa shape index (κ1) is 21.1. The molecule has 0 radical (unpaired) electrons. The molecule has 27 heavy (non-hydrogen) atoms. The summed E-state index contributed by atoms with van der Waals surface area (Å²) in [5, 5.41) is 0.455. The number of ether oxygens (including phenoxy) is 1. The number of aromatic nitrogens is 1. The van der Waals surface area contributed by atoms with E-state index >= 15 is 0 Å². The molecule has 1 heterocycles. The first-order valence-electron chi connectivity index (χ1n) is 8.26. The largest absolute Gasteiger partial charge is 0.486 e. The van der Waals surface area contributed by atoms with E-state index in [1.165, 1.54) is 24.3 Å². The monoisotopic (exact) mass is 404 g/mol. The highest BCUT2D eigenvalue weighted by atomic mass is 32.1. The minimum absolute atomic E-state index is 0.00288. The van der Waals surface area contributed by atoms with Gasteiger partial charge in [0.2, 0.25) is 0 Å². The van der Waals surface area contributed by atoms with Crippen molar-refractivity contribution >= 4 is 17.2 Å². The Morgan fingerprint density at radius 2 is 1.89 bits per heavy atom. The molecule has 1 aromatic carbocycles. The number of hydrogen-bond acceptors (Lipinski definition) is 4. The van der Waals surface area contributed by atoms with Gasteiger partial charge in [0.15, 0.2) is 0 Å². The Labute approximate surface area is 158 Å². The molecule has 0 aliphatic rings. The van der Waals surface area contributed by atoms with Crippen LogP contribution in [0.25, 0.3) is 0 Å². The summed E-state index contributed by atoms with van der Waals surface area (Å²) in [6.45, 7) is 3.80. The lowest BCUT2D eigenvalue weighted by molar-refractivity contribution is -0.141. The Balaban J connectivity index is 2.12. The van der Waals surface area contributed by atoms with Crippen LogP contribution in [-0.2, 0) is 6.61 Å². The van der Waals surface area contributed by atoms with Crippen LogP contribution in [0, 0.1) is 18.7 Å². The van der Waals surface area contributed by atoms with E-state index in [1.807, 2.05) is 0 Å². The predicted molar refractivity (Wildman–Crippen MR) is 94.4 cm³/mol. The Morgan fingerprint density at radius 3 is 2.44 bits per heavy atom. The van der Waals surface area contributed by atoms with E-state index < -0.39 is 24.4 Å². The number of thiazole rings is 1. The van der Waals surface area contributed by atoms with Gasteiger partial charge < -0.3 is 9.64 Å². The standard InChI is InChI=1S/C18H20F4N2O2S/c1-11(2)8-24(10-18(20,21)22)17(25)16-12(3)23-15(27-16)9-26-14-6-4-13(19)5-7-14/h4-7,11H,8-10H2,1-3H3. The quantitative estimate of drug-likeness (QED) is 0.621. The van der Waals surface area contributed by atoms with Crippen molar-refractivity contribution in [3.05, 3.63) is 45.7 Å².